The van der Waals surface area contributed by atoms with E-state index in [-0.39, 0.29) is 13.0 Å². The minimum atomic E-state index is -0.591. The summed E-state index contributed by atoms with van der Waals surface area (Å²) in [6.45, 7) is 2.08. The first-order valence-corrected chi connectivity index (χ1v) is 4.88. The lowest BCUT2D eigenvalue weighted by Crippen LogP contribution is -2.30. The van der Waals surface area contributed by atoms with E-state index in [0.29, 0.717) is 5.75 Å². The lowest BCUT2D eigenvalue weighted by Gasteiger charge is -2.05. The van der Waals surface area contributed by atoms with Gasteiger partial charge in [0.2, 0.25) is 5.91 Å². The highest BCUT2D eigenvalue weighted by Gasteiger charge is 2.04. The molecule has 0 saturated carbocycles. The third kappa shape index (κ3) is 4.45. The zero-order chi connectivity index (χ0) is 12.0. The van der Waals surface area contributed by atoms with E-state index >= 15 is 0 Å². The van der Waals surface area contributed by atoms with E-state index in [1.54, 1.807) is 18.2 Å². The Kier molecular flexibility index (Phi) is 4.32. The smallest absolute Gasteiger partial charge is 0.410 e. The molecule has 1 aromatic rings. The fourth-order valence-electron chi connectivity index (χ4n) is 1.11. The van der Waals surface area contributed by atoms with E-state index in [4.69, 9.17) is 10.5 Å². The van der Waals surface area contributed by atoms with E-state index in [1.807, 2.05) is 13.0 Å². The van der Waals surface area contributed by atoms with Crippen LogP contribution in [-0.4, -0.2) is 18.5 Å². The predicted octanol–water partition coefficient (Wildman–Crippen LogP) is 0.959. The highest BCUT2D eigenvalue weighted by molar-refractivity contribution is 5.75. The zero-order valence-electron chi connectivity index (χ0n) is 9.03. The molecule has 0 aliphatic heterocycles. The lowest BCUT2D eigenvalue weighted by atomic mass is 10.2. The molecule has 0 aliphatic carbocycles. The average molecular weight is 222 g/mol. The van der Waals surface area contributed by atoms with Gasteiger partial charge in [-0.15, -0.1) is 0 Å². The maximum atomic E-state index is 11.2. The summed E-state index contributed by atoms with van der Waals surface area (Å²) in [5.74, 6) is 0.00688. The molecular formula is C11H14N2O3. The van der Waals surface area contributed by atoms with Crippen molar-refractivity contribution in [1.29, 1.82) is 0 Å². The van der Waals surface area contributed by atoms with E-state index in [9.17, 15) is 9.59 Å². The fraction of sp³-hybridized carbons (Fsp3) is 0.273. The first kappa shape index (κ1) is 12.0. The molecule has 2 amide bonds. The first-order chi connectivity index (χ1) is 7.58. The Morgan fingerprint density at radius 1 is 1.44 bits per heavy atom. The Bertz CT molecular complexity index is 391. The monoisotopic (exact) mass is 222 g/mol. The summed E-state index contributed by atoms with van der Waals surface area (Å²) in [6, 6.07) is 7.12. The molecule has 5 nitrogen and oxygen atoms in total. The number of rotatable bonds is 4. The van der Waals surface area contributed by atoms with Crippen molar-refractivity contribution in [2.24, 2.45) is 5.73 Å². The second kappa shape index (κ2) is 5.75. The highest BCUT2D eigenvalue weighted by Crippen LogP contribution is 2.12. The van der Waals surface area contributed by atoms with E-state index in [1.165, 1.54) is 0 Å². The van der Waals surface area contributed by atoms with Crippen molar-refractivity contribution < 1.29 is 14.3 Å². The number of carbonyl (C=O) groups excluding carboxylic acids is 2. The summed E-state index contributed by atoms with van der Waals surface area (Å²) in [6.07, 6.45) is -0.491. The molecule has 3 N–H and O–H groups in total. The molecule has 0 aliphatic rings. The highest BCUT2D eigenvalue weighted by atomic mass is 16.6. The van der Waals surface area contributed by atoms with Gasteiger partial charge in [-0.05, 0) is 24.6 Å². The molecule has 0 unspecified atom stereocenters. The number of aryl methyl sites for hydroxylation is 1. The number of nitrogens with two attached hydrogens (primary N) is 1. The Morgan fingerprint density at radius 3 is 2.81 bits per heavy atom. The van der Waals surface area contributed by atoms with Crippen molar-refractivity contribution in [3.63, 3.8) is 0 Å². The predicted molar refractivity (Wildman–Crippen MR) is 59.0 cm³/mol. The van der Waals surface area contributed by atoms with Crippen LogP contribution in [0.25, 0.3) is 0 Å². The van der Waals surface area contributed by atoms with Crippen LogP contribution >= 0.6 is 0 Å². The van der Waals surface area contributed by atoms with Gasteiger partial charge in [0.25, 0.3) is 0 Å². The number of benzene rings is 1. The molecule has 1 rings (SSSR count). The lowest BCUT2D eigenvalue weighted by molar-refractivity contribution is -0.117. The topological polar surface area (TPSA) is 81.4 Å². The number of amides is 2. The summed E-state index contributed by atoms with van der Waals surface area (Å²) >= 11 is 0. The van der Waals surface area contributed by atoms with Gasteiger partial charge >= 0.3 is 6.09 Å². The van der Waals surface area contributed by atoms with Crippen LogP contribution in [0.1, 0.15) is 12.0 Å². The van der Waals surface area contributed by atoms with Crippen LogP contribution in [0.2, 0.25) is 0 Å². The maximum absolute atomic E-state index is 11.2. The molecule has 0 atom stereocenters. The van der Waals surface area contributed by atoms with Gasteiger partial charge < -0.3 is 15.8 Å². The quantitative estimate of drug-likeness (QED) is 0.796. The third-order valence-electron chi connectivity index (χ3n) is 1.84. The van der Waals surface area contributed by atoms with Crippen molar-refractivity contribution in [1.82, 2.24) is 5.32 Å². The standard InChI is InChI=1S/C11H14N2O3/c1-8-3-2-4-9(7-8)16-11(15)13-6-5-10(12)14/h2-4,7H,5-6H2,1H3,(H2,12,14)(H,13,15). The van der Waals surface area contributed by atoms with Crippen LogP contribution < -0.4 is 15.8 Å². The summed E-state index contributed by atoms with van der Waals surface area (Å²) in [4.78, 5) is 21.6. The minimum absolute atomic E-state index is 0.100. The van der Waals surface area contributed by atoms with Gasteiger partial charge in [0.15, 0.2) is 0 Å². The van der Waals surface area contributed by atoms with Crippen molar-refractivity contribution in [2.45, 2.75) is 13.3 Å². The summed E-state index contributed by atoms with van der Waals surface area (Å²) in [7, 11) is 0. The van der Waals surface area contributed by atoms with E-state index < -0.39 is 12.0 Å². The van der Waals surface area contributed by atoms with E-state index in [0.717, 1.165) is 5.56 Å². The van der Waals surface area contributed by atoms with Gasteiger partial charge in [-0.3, -0.25) is 4.79 Å². The van der Waals surface area contributed by atoms with Crippen molar-refractivity contribution in [3.8, 4) is 5.75 Å². The molecule has 16 heavy (non-hydrogen) atoms. The molecule has 0 heterocycles. The molecular weight excluding hydrogens is 208 g/mol. The van der Waals surface area contributed by atoms with Crippen LogP contribution in [-0.2, 0) is 4.79 Å². The molecule has 5 heteroatoms. The maximum Gasteiger partial charge on any atom is 0.412 e. The van der Waals surface area contributed by atoms with Gasteiger partial charge in [0.1, 0.15) is 5.75 Å². The SMILES string of the molecule is Cc1cccc(OC(=O)NCCC(N)=O)c1. The molecule has 0 aromatic heterocycles. The fourth-order valence-corrected chi connectivity index (χ4v) is 1.11. The average Bonchev–Trinajstić information content (AvgIpc) is 2.16. The number of ether oxygens (including phenoxy) is 1. The van der Waals surface area contributed by atoms with Crippen LogP contribution in [0, 0.1) is 6.92 Å². The van der Waals surface area contributed by atoms with Gasteiger partial charge in [-0.2, -0.15) is 0 Å². The van der Waals surface area contributed by atoms with Crippen LogP contribution in [0.3, 0.4) is 0 Å². The second-order valence-electron chi connectivity index (χ2n) is 3.35. The Labute approximate surface area is 93.6 Å². The van der Waals surface area contributed by atoms with Gasteiger partial charge in [-0.25, -0.2) is 4.79 Å². The van der Waals surface area contributed by atoms with Crippen molar-refractivity contribution in [3.05, 3.63) is 29.8 Å². The van der Waals surface area contributed by atoms with Gasteiger partial charge in [0.05, 0.1) is 0 Å². The zero-order valence-corrected chi connectivity index (χ0v) is 9.03. The molecule has 86 valence electrons. The Morgan fingerprint density at radius 2 is 2.19 bits per heavy atom. The van der Waals surface area contributed by atoms with Crippen LogP contribution in [0.4, 0.5) is 4.79 Å². The van der Waals surface area contributed by atoms with Gasteiger partial charge in [0, 0.05) is 13.0 Å². The molecule has 1 aromatic carbocycles. The molecule has 0 fully saturated rings. The molecule has 0 bridgehead atoms. The summed E-state index contributed by atoms with van der Waals surface area (Å²) in [5, 5.41) is 2.42. The first-order valence-electron chi connectivity index (χ1n) is 4.88. The van der Waals surface area contributed by atoms with E-state index in [2.05, 4.69) is 5.32 Å². The van der Waals surface area contributed by atoms with Crippen LogP contribution in [0.5, 0.6) is 5.75 Å². The van der Waals surface area contributed by atoms with Crippen LogP contribution in [0.15, 0.2) is 24.3 Å². The number of hydrogen-bond donors (Lipinski definition) is 2. The summed E-state index contributed by atoms with van der Waals surface area (Å²) in [5.41, 5.74) is 5.92. The second-order valence-corrected chi connectivity index (χ2v) is 3.35. The number of primary amides is 1. The third-order valence-corrected chi connectivity index (χ3v) is 1.84. The largest absolute Gasteiger partial charge is 0.412 e. The minimum Gasteiger partial charge on any atom is -0.410 e. The molecule has 0 saturated heterocycles. The molecule has 0 spiro atoms. The Balaban J connectivity index is 2.37. The van der Waals surface area contributed by atoms with Gasteiger partial charge in [-0.1, -0.05) is 12.1 Å². The molecule has 0 radical (unpaired) electrons. The van der Waals surface area contributed by atoms with Crippen molar-refractivity contribution in [2.75, 3.05) is 6.54 Å². The van der Waals surface area contributed by atoms with Crippen molar-refractivity contribution >= 4 is 12.0 Å². The number of hydrogen-bond acceptors (Lipinski definition) is 3. The number of carbonyl (C=O) groups is 2. The normalized spacial score (nSPS) is 9.56. The Hall–Kier alpha value is -2.04. The number of nitrogens with one attached hydrogen (secondary N) is 1. The summed E-state index contributed by atoms with van der Waals surface area (Å²) < 4.78 is 4.97.